The van der Waals surface area contributed by atoms with Crippen molar-refractivity contribution in [3.05, 3.63) is 78.1 Å². The van der Waals surface area contributed by atoms with Gasteiger partial charge in [-0.1, -0.05) is 30.3 Å². The number of nitrogens with zero attached hydrogens (tertiary/aromatic N) is 1. The zero-order valence-electron chi connectivity index (χ0n) is 16.6. The van der Waals surface area contributed by atoms with Crippen molar-refractivity contribution >= 4 is 34.6 Å². The van der Waals surface area contributed by atoms with Crippen LogP contribution in [0.1, 0.15) is 15.9 Å². The molecule has 3 amide bonds. The minimum atomic E-state index is -2.38. The van der Waals surface area contributed by atoms with Crippen LogP contribution >= 0.6 is 0 Å². The molecule has 160 valence electrons. The fourth-order valence-corrected chi connectivity index (χ4v) is 3.33. The summed E-state index contributed by atoms with van der Waals surface area (Å²) >= 11 is -2.38. The number of amides is 3. The van der Waals surface area contributed by atoms with E-state index >= 15 is 0 Å². The van der Waals surface area contributed by atoms with Crippen LogP contribution in [0.2, 0.25) is 0 Å². The summed E-state index contributed by atoms with van der Waals surface area (Å²) in [6.07, 6.45) is 3.32. The molecule has 31 heavy (non-hydrogen) atoms. The van der Waals surface area contributed by atoms with Gasteiger partial charge < -0.3 is 16.0 Å². The summed E-state index contributed by atoms with van der Waals surface area (Å²) in [5.41, 5.74) is 2.98. The first-order valence-corrected chi connectivity index (χ1v) is 10.4. The number of hydrogen-bond acceptors (Lipinski definition) is 4. The molecule has 2 aromatic carbocycles. The zero-order chi connectivity index (χ0) is 22.2. The maximum Gasteiger partial charge on any atom is 0.319 e. The Balaban J connectivity index is 1.83. The Morgan fingerprint density at radius 3 is 2.61 bits per heavy atom. The molecule has 0 aliphatic carbocycles. The minimum absolute atomic E-state index is 0.209. The Kier molecular flexibility index (Phi) is 7.31. The first-order chi connectivity index (χ1) is 15.0. The summed E-state index contributed by atoms with van der Waals surface area (Å²) < 4.78 is 23.2. The van der Waals surface area contributed by atoms with Crippen molar-refractivity contribution in [3.63, 3.8) is 0 Å². The van der Waals surface area contributed by atoms with Gasteiger partial charge in [0, 0.05) is 37.2 Å². The number of benzene rings is 2. The quantitative estimate of drug-likeness (QED) is 0.361. The van der Waals surface area contributed by atoms with Gasteiger partial charge in [0.05, 0.1) is 11.3 Å². The summed E-state index contributed by atoms with van der Waals surface area (Å²) in [7, 11) is 1.48. The van der Waals surface area contributed by atoms with Gasteiger partial charge >= 0.3 is 6.03 Å². The fourth-order valence-electron chi connectivity index (χ4n) is 2.94. The summed E-state index contributed by atoms with van der Waals surface area (Å²) in [5, 5.41) is 8.01. The molecule has 1 heterocycles. The number of carbonyl (C=O) groups excluding carboxylic acids is 2. The van der Waals surface area contributed by atoms with Crippen LogP contribution in [0.4, 0.5) is 16.2 Å². The van der Waals surface area contributed by atoms with Crippen molar-refractivity contribution in [2.24, 2.45) is 0 Å². The van der Waals surface area contributed by atoms with Gasteiger partial charge in [0.2, 0.25) is 0 Å². The smallest absolute Gasteiger partial charge is 0.319 e. The highest BCUT2D eigenvalue weighted by molar-refractivity contribution is 7.80. The van der Waals surface area contributed by atoms with Crippen molar-refractivity contribution < 1.29 is 18.4 Å². The number of hydrogen-bond donors (Lipinski definition) is 5. The van der Waals surface area contributed by atoms with Gasteiger partial charge in [0.1, 0.15) is 0 Å². The maximum absolute atomic E-state index is 12.2. The standard InChI is InChI=1S/C21H21N5O4S/c1-22-20(27)18-9-3-8-17(19(18)26-31(29)30)15-6-2-7-16(11-15)25-21(28)24-13-14-5-4-10-23-12-14/h2-12,26H,13H2,1H3,(H,22,27)(H,29,30)(H2,24,25,28). The number of rotatable bonds is 7. The van der Waals surface area contributed by atoms with Gasteiger partial charge in [-0.2, -0.15) is 0 Å². The van der Waals surface area contributed by atoms with E-state index in [0.717, 1.165) is 5.56 Å². The Morgan fingerprint density at radius 1 is 1.10 bits per heavy atom. The second-order valence-corrected chi connectivity index (χ2v) is 7.11. The van der Waals surface area contributed by atoms with E-state index in [0.29, 0.717) is 23.4 Å². The lowest BCUT2D eigenvalue weighted by molar-refractivity contribution is 0.0964. The van der Waals surface area contributed by atoms with Crippen LogP contribution in [0.15, 0.2) is 67.0 Å². The maximum atomic E-state index is 12.2. The Labute approximate surface area is 181 Å². The first kappa shape index (κ1) is 21.9. The summed E-state index contributed by atoms with van der Waals surface area (Å²) in [5.74, 6) is -0.404. The largest absolute Gasteiger partial charge is 0.355 e. The number of carbonyl (C=O) groups is 2. The molecule has 3 aromatic rings. The minimum Gasteiger partial charge on any atom is -0.355 e. The van der Waals surface area contributed by atoms with E-state index < -0.39 is 23.2 Å². The molecule has 0 aliphatic rings. The predicted octanol–water partition coefficient (Wildman–Crippen LogP) is 2.98. The number of anilines is 2. The lowest BCUT2D eigenvalue weighted by atomic mass is 9.99. The zero-order valence-corrected chi connectivity index (χ0v) is 17.4. The lowest BCUT2D eigenvalue weighted by Crippen LogP contribution is -2.28. The highest BCUT2D eigenvalue weighted by Gasteiger charge is 2.17. The van der Waals surface area contributed by atoms with Gasteiger partial charge in [-0.3, -0.25) is 19.1 Å². The van der Waals surface area contributed by atoms with Crippen molar-refractivity contribution in [2.45, 2.75) is 6.54 Å². The van der Waals surface area contributed by atoms with Crippen LogP contribution in [-0.4, -0.2) is 32.7 Å². The second kappa shape index (κ2) is 10.3. The Morgan fingerprint density at radius 2 is 1.90 bits per heavy atom. The van der Waals surface area contributed by atoms with Crippen LogP contribution in [0.3, 0.4) is 0 Å². The summed E-state index contributed by atoms with van der Waals surface area (Å²) in [4.78, 5) is 28.4. The van der Waals surface area contributed by atoms with E-state index in [1.165, 1.54) is 7.05 Å². The molecule has 0 aliphatic heterocycles. The van der Waals surface area contributed by atoms with Gasteiger partial charge in [-0.15, -0.1) is 0 Å². The summed E-state index contributed by atoms with van der Waals surface area (Å²) in [6, 6.07) is 15.1. The van der Waals surface area contributed by atoms with Crippen molar-refractivity contribution in [1.29, 1.82) is 0 Å². The molecule has 1 unspecified atom stereocenters. The average Bonchev–Trinajstić information content (AvgIpc) is 2.78. The van der Waals surface area contributed by atoms with Crippen molar-refractivity contribution in [2.75, 3.05) is 17.1 Å². The number of para-hydroxylation sites is 1. The van der Waals surface area contributed by atoms with E-state index in [1.807, 2.05) is 6.07 Å². The van der Waals surface area contributed by atoms with Gasteiger partial charge in [0.15, 0.2) is 0 Å². The van der Waals surface area contributed by atoms with Crippen LogP contribution in [0.25, 0.3) is 11.1 Å². The molecule has 0 radical (unpaired) electrons. The topological polar surface area (TPSA) is 132 Å². The fraction of sp³-hybridized carbons (Fsp3) is 0.0952. The Hall–Kier alpha value is -3.76. The second-order valence-electron chi connectivity index (χ2n) is 6.41. The molecular weight excluding hydrogens is 418 g/mol. The van der Waals surface area contributed by atoms with E-state index in [2.05, 4.69) is 25.7 Å². The molecule has 10 heteroatoms. The van der Waals surface area contributed by atoms with Crippen molar-refractivity contribution in [3.8, 4) is 11.1 Å². The third kappa shape index (κ3) is 5.87. The average molecular weight is 439 g/mol. The van der Waals surface area contributed by atoms with Gasteiger partial charge in [-0.25, -0.2) is 9.00 Å². The molecule has 0 bridgehead atoms. The van der Waals surface area contributed by atoms with Crippen molar-refractivity contribution in [1.82, 2.24) is 15.6 Å². The van der Waals surface area contributed by atoms with E-state index in [4.69, 9.17) is 0 Å². The van der Waals surface area contributed by atoms with Crippen LogP contribution < -0.4 is 20.7 Å². The van der Waals surface area contributed by atoms with Gasteiger partial charge in [0.25, 0.3) is 17.2 Å². The molecule has 3 rings (SSSR count). The number of aromatic nitrogens is 1. The Bertz CT molecular complexity index is 1110. The first-order valence-electron chi connectivity index (χ1n) is 9.24. The SMILES string of the molecule is CNC(=O)c1cccc(-c2cccc(NC(=O)NCc3cccnc3)c2)c1NS(=O)O. The highest BCUT2D eigenvalue weighted by Crippen LogP contribution is 2.33. The molecule has 5 N–H and O–H groups in total. The number of pyridine rings is 1. The number of nitrogens with one attached hydrogen (secondary N) is 4. The highest BCUT2D eigenvalue weighted by atomic mass is 32.2. The molecular formula is C21H21N5O4S. The van der Waals surface area contributed by atoms with Crippen LogP contribution in [0.5, 0.6) is 0 Å². The van der Waals surface area contributed by atoms with E-state index in [-0.39, 0.29) is 11.3 Å². The molecule has 0 fully saturated rings. The van der Waals surface area contributed by atoms with E-state index in [1.54, 1.807) is 60.9 Å². The normalized spacial score (nSPS) is 11.3. The third-order valence-electron chi connectivity index (χ3n) is 4.33. The molecule has 1 aromatic heterocycles. The summed E-state index contributed by atoms with van der Waals surface area (Å²) in [6.45, 7) is 0.323. The lowest BCUT2D eigenvalue weighted by Gasteiger charge is -2.15. The van der Waals surface area contributed by atoms with Gasteiger partial charge in [-0.05, 0) is 35.4 Å². The van der Waals surface area contributed by atoms with E-state index in [9.17, 15) is 18.4 Å². The van der Waals surface area contributed by atoms with Crippen LogP contribution in [0, 0.1) is 0 Å². The third-order valence-corrected chi connectivity index (χ3v) is 4.71. The predicted molar refractivity (Wildman–Crippen MR) is 120 cm³/mol. The molecule has 1 atom stereocenters. The molecule has 0 spiro atoms. The number of urea groups is 1. The molecule has 0 saturated carbocycles. The molecule has 0 saturated heterocycles. The van der Waals surface area contributed by atoms with Crippen LogP contribution in [-0.2, 0) is 17.8 Å². The molecule has 9 nitrogen and oxygen atoms in total. The monoisotopic (exact) mass is 439 g/mol.